The number of hydrogen-bond acceptors (Lipinski definition) is 5. The maximum Gasteiger partial charge on any atom is 0.263 e. The Morgan fingerprint density at radius 3 is 2.68 bits per heavy atom. The lowest BCUT2D eigenvalue weighted by atomic mass is 10.2. The van der Waals surface area contributed by atoms with Gasteiger partial charge in [-0.1, -0.05) is 27.0 Å². The van der Waals surface area contributed by atoms with Crippen molar-refractivity contribution < 1.29 is 4.79 Å². The fourth-order valence-corrected chi connectivity index (χ4v) is 4.12. The number of nitrogens with one attached hydrogen (secondary N) is 2. The zero-order chi connectivity index (χ0) is 20.4. The Bertz CT molecular complexity index is 1210. The molecular formula is C21H25N5OS. The van der Waals surface area contributed by atoms with Gasteiger partial charge in [-0.05, 0) is 19.1 Å². The number of aromatic nitrogens is 3. The molecule has 4 rings (SSSR count). The van der Waals surface area contributed by atoms with E-state index in [0.717, 1.165) is 31.9 Å². The first-order chi connectivity index (χ1) is 13.4. The van der Waals surface area contributed by atoms with Crippen LogP contribution < -0.4 is 20.5 Å². The van der Waals surface area contributed by atoms with Gasteiger partial charge < -0.3 is 10.6 Å². The molecule has 0 saturated heterocycles. The molecule has 0 radical (unpaired) electrons. The summed E-state index contributed by atoms with van der Waals surface area (Å²) in [5, 5.41) is 13.0. The molecular weight excluding hydrogens is 370 g/mol. The molecule has 7 heteroatoms. The third-order valence-corrected chi connectivity index (χ3v) is 5.44. The zero-order valence-electron chi connectivity index (χ0n) is 16.7. The van der Waals surface area contributed by atoms with E-state index in [-0.39, 0.29) is 11.9 Å². The zero-order valence-corrected chi connectivity index (χ0v) is 17.5. The molecule has 0 bridgehead atoms. The molecule has 0 aromatic carbocycles. The van der Waals surface area contributed by atoms with E-state index in [1.54, 1.807) is 10.9 Å². The average Bonchev–Trinajstić information content (AvgIpc) is 3.21. The van der Waals surface area contributed by atoms with Crippen LogP contribution in [0.1, 0.15) is 30.4 Å². The Morgan fingerprint density at radius 1 is 1.29 bits per heavy atom. The molecule has 1 atom stereocenters. The summed E-state index contributed by atoms with van der Waals surface area (Å²) in [6.45, 7) is 14.9. The van der Waals surface area contributed by atoms with Gasteiger partial charge in [0.25, 0.3) is 5.91 Å². The van der Waals surface area contributed by atoms with Crippen molar-refractivity contribution in [3.8, 4) is 11.3 Å². The van der Waals surface area contributed by atoms with Crippen LogP contribution in [-0.2, 0) is 7.05 Å². The summed E-state index contributed by atoms with van der Waals surface area (Å²) < 4.78 is 2.57. The summed E-state index contributed by atoms with van der Waals surface area (Å²) in [4.78, 5) is 17.7. The van der Waals surface area contributed by atoms with E-state index >= 15 is 0 Å². The van der Waals surface area contributed by atoms with Gasteiger partial charge in [-0.15, -0.1) is 11.3 Å². The van der Waals surface area contributed by atoms with Crippen molar-refractivity contribution in [1.82, 2.24) is 20.1 Å². The van der Waals surface area contributed by atoms with Crippen LogP contribution >= 0.6 is 11.3 Å². The molecule has 1 amide bonds. The van der Waals surface area contributed by atoms with Gasteiger partial charge in [-0.2, -0.15) is 5.10 Å². The van der Waals surface area contributed by atoms with E-state index in [0.29, 0.717) is 16.8 Å². The number of fused-ring (bicyclic) bond motifs is 1. The molecule has 3 aromatic heterocycles. The number of anilines is 1. The summed E-state index contributed by atoms with van der Waals surface area (Å²) in [6, 6.07) is 4.00. The number of nitrogens with zero attached hydrogens (tertiary/aromatic N) is 3. The first-order valence-corrected chi connectivity index (χ1v) is 10.1. The quantitative estimate of drug-likeness (QED) is 0.663. The average molecular weight is 396 g/mol. The smallest absolute Gasteiger partial charge is 0.263 e. The van der Waals surface area contributed by atoms with Gasteiger partial charge in [-0.3, -0.25) is 9.48 Å². The summed E-state index contributed by atoms with van der Waals surface area (Å²) in [5.41, 5.74) is 2.58. The minimum atomic E-state index is -0.0656. The Morgan fingerprint density at radius 2 is 2.04 bits per heavy atom. The normalized spacial score (nSPS) is 16.9. The van der Waals surface area contributed by atoms with Crippen LogP contribution in [0.15, 0.2) is 24.5 Å². The summed E-state index contributed by atoms with van der Waals surface area (Å²) in [7, 11) is 1.87. The molecule has 0 aliphatic carbocycles. The second kappa shape index (κ2) is 7.98. The van der Waals surface area contributed by atoms with Crippen molar-refractivity contribution in [1.29, 1.82) is 0 Å². The molecule has 146 valence electrons. The monoisotopic (exact) mass is 395 g/mol. The van der Waals surface area contributed by atoms with Crippen LogP contribution in [0.2, 0.25) is 0 Å². The lowest BCUT2D eigenvalue weighted by Crippen LogP contribution is -2.34. The molecule has 2 N–H and O–H groups in total. The van der Waals surface area contributed by atoms with Crippen LogP contribution in [0, 0.1) is 10.4 Å². The largest absolute Gasteiger partial charge is 0.381 e. The number of pyridine rings is 1. The number of aryl methyl sites for hydroxylation is 1. The van der Waals surface area contributed by atoms with Gasteiger partial charge in [0, 0.05) is 46.4 Å². The van der Waals surface area contributed by atoms with Gasteiger partial charge in [-0.25, -0.2) is 4.98 Å². The second-order valence-electron chi connectivity index (χ2n) is 6.45. The van der Waals surface area contributed by atoms with E-state index in [9.17, 15) is 4.79 Å². The van der Waals surface area contributed by atoms with Gasteiger partial charge in [0.2, 0.25) is 0 Å². The fourth-order valence-electron chi connectivity index (χ4n) is 3.13. The first kappa shape index (κ1) is 19.8. The van der Waals surface area contributed by atoms with Crippen LogP contribution in [0.25, 0.3) is 24.4 Å². The first-order valence-electron chi connectivity index (χ1n) is 9.30. The summed E-state index contributed by atoms with van der Waals surface area (Å²) in [5.74, 6) is -0.0656. The van der Waals surface area contributed by atoms with Crippen molar-refractivity contribution in [3.05, 3.63) is 49.7 Å². The highest BCUT2D eigenvalue weighted by Crippen LogP contribution is 2.23. The van der Waals surface area contributed by atoms with E-state index in [2.05, 4.69) is 33.9 Å². The number of carbonyl (C=O) groups excluding carboxylic acids is 1. The van der Waals surface area contributed by atoms with Crippen LogP contribution in [0.3, 0.4) is 0 Å². The van der Waals surface area contributed by atoms with Crippen LogP contribution in [-0.4, -0.2) is 33.3 Å². The minimum Gasteiger partial charge on any atom is -0.381 e. The Hall–Kier alpha value is -2.93. The Labute approximate surface area is 167 Å². The van der Waals surface area contributed by atoms with Gasteiger partial charge in [0.05, 0.1) is 22.9 Å². The maximum absolute atomic E-state index is 12.4. The van der Waals surface area contributed by atoms with E-state index < -0.39 is 0 Å². The standard InChI is InChI=1S/C19H19N5OS.C2H6/c1-10-7-20-17-16(12(3)26-18(17)19(25)22-10)14-5-6-15(23-11(14)2)13-8-21-24(4)9-13;1-2/h5-6,8-10,20H,2-3,7H2,1,4H3,(H,22,25);1-2H3/b16-14+;/t10-;/m1./s1. The molecule has 6 nitrogen and oxygen atoms in total. The Balaban J connectivity index is 0.00000109. The third-order valence-electron chi connectivity index (χ3n) is 4.39. The minimum absolute atomic E-state index is 0.0634. The molecule has 0 fully saturated rings. The molecule has 0 spiro atoms. The van der Waals surface area contributed by atoms with Crippen LogP contribution in [0.4, 0.5) is 5.69 Å². The topological polar surface area (TPSA) is 71.8 Å². The number of rotatable bonds is 1. The molecule has 0 unspecified atom stereocenters. The molecule has 28 heavy (non-hydrogen) atoms. The van der Waals surface area contributed by atoms with E-state index in [4.69, 9.17) is 0 Å². The molecule has 4 heterocycles. The second-order valence-corrected chi connectivity index (χ2v) is 7.56. The van der Waals surface area contributed by atoms with Gasteiger partial charge in [0.15, 0.2) is 0 Å². The van der Waals surface area contributed by atoms with Crippen molar-refractivity contribution >= 4 is 36.1 Å². The van der Waals surface area contributed by atoms with Gasteiger partial charge >= 0.3 is 0 Å². The highest BCUT2D eigenvalue weighted by Gasteiger charge is 2.22. The van der Waals surface area contributed by atoms with Crippen molar-refractivity contribution in [2.45, 2.75) is 26.8 Å². The summed E-state index contributed by atoms with van der Waals surface area (Å²) in [6.07, 6.45) is 3.69. The fraction of sp³-hybridized carbons (Fsp3) is 0.286. The number of hydrogen-bond donors (Lipinski definition) is 2. The third kappa shape index (κ3) is 3.57. The molecule has 1 aliphatic heterocycles. The lowest BCUT2D eigenvalue weighted by Gasteiger charge is -2.08. The maximum atomic E-state index is 12.4. The molecule has 0 saturated carbocycles. The highest BCUT2D eigenvalue weighted by molar-refractivity contribution is 7.12. The van der Waals surface area contributed by atoms with Crippen molar-refractivity contribution in [2.24, 2.45) is 7.05 Å². The predicted molar refractivity (Wildman–Crippen MR) is 115 cm³/mol. The van der Waals surface area contributed by atoms with E-state index in [1.807, 2.05) is 46.1 Å². The molecule has 3 aromatic rings. The van der Waals surface area contributed by atoms with Crippen molar-refractivity contribution in [3.63, 3.8) is 0 Å². The van der Waals surface area contributed by atoms with Crippen LogP contribution in [0.5, 0.6) is 0 Å². The lowest BCUT2D eigenvalue weighted by molar-refractivity contribution is 0.0949. The number of carbonyl (C=O) groups is 1. The SMILES string of the molecule is C=c1nc(-c2cnn(C)c2)cc/c1=c1\c2c(sc1=C)C(=O)N[C@H](C)CN2.CC. The number of thiophene rings is 1. The Kier molecular flexibility index (Phi) is 5.65. The van der Waals surface area contributed by atoms with Gasteiger partial charge in [0.1, 0.15) is 4.88 Å². The highest BCUT2D eigenvalue weighted by atomic mass is 32.1. The number of amides is 1. The predicted octanol–water partition coefficient (Wildman–Crippen LogP) is 2.22. The molecule has 1 aliphatic rings. The van der Waals surface area contributed by atoms with E-state index in [1.165, 1.54) is 11.3 Å². The summed E-state index contributed by atoms with van der Waals surface area (Å²) >= 11 is 1.39. The van der Waals surface area contributed by atoms with Crippen molar-refractivity contribution in [2.75, 3.05) is 11.9 Å².